The molecule has 0 radical (unpaired) electrons. The number of urea groups is 1. The third-order valence-electron chi connectivity index (χ3n) is 2.25. The first-order valence-electron chi connectivity index (χ1n) is 5.18. The van der Waals surface area contributed by atoms with Crippen molar-refractivity contribution in [2.24, 2.45) is 0 Å². The average Bonchev–Trinajstić information content (AvgIpc) is 2.28. The van der Waals surface area contributed by atoms with Crippen LogP contribution >= 0.6 is 0 Å². The largest absolute Gasteiger partial charge is 0.405 e. The Bertz CT molecular complexity index is 420. The van der Waals surface area contributed by atoms with Crippen molar-refractivity contribution >= 4 is 11.7 Å². The van der Waals surface area contributed by atoms with E-state index in [0.29, 0.717) is 11.3 Å². The third-order valence-corrected chi connectivity index (χ3v) is 2.25. The van der Waals surface area contributed by atoms with Gasteiger partial charge in [0.05, 0.1) is 0 Å². The maximum atomic E-state index is 11.9. The molecule has 2 amide bonds. The van der Waals surface area contributed by atoms with Crippen LogP contribution in [0.1, 0.15) is 5.56 Å². The van der Waals surface area contributed by atoms with Gasteiger partial charge in [0.15, 0.2) is 0 Å². The molecule has 0 atom stereocenters. The van der Waals surface area contributed by atoms with Gasteiger partial charge in [0.2, 0.25) is 0 Å². The number of benzene rings is 1. The lowest BCUT2D eigenvalue weighted by atomic mass is 10.2. The SMILES string of the molecule is CN(Cc1ccccc1N)C(=O)NCC(F)(F)F. The highest BCUT2D eigenvalue weighted by atomic mass is 19.4. The zero-order chi connectivity index (χ0) is 13.8. The lowest BCUT2D eigenvalue weighted by Gasteiger charge is -2.19. The summed E-state index contributed by atoms with van der Waals surface area (Å²) in [6, 6.07) is 6.06. The van der Waals surface area contributed by atoms with E-state index in [1.807, 2.05) is 0 Å². The molecule has 4 nitrogen and oxygen atoms in total. The van der Waals surface area contributed by atoms with Crippen LogP contribution in [0.25, 0.3) is 0 Å². The van der Waals surface area contributed by atoms with Gasteiger partial charge in [-0.1, -0.05) is 18.2 Å². The van der Waals surface area contributed by atoms with Crippen LogP contribution in [0, 0.1) is 0 Å². The Morgan fingerprint density at radius 2 is 2.00 bits per heavy atom. The lowest BCUT2D eigenvalue weighted by Crippen LogP contribution is -2.41. The Kier molecular flexibility index (Phi) is 4.41. The van der Waals surface area contributed by atoms with Gasteiger partial charge in [-0.25, -0.2) is 4.79 Å². The molecule has 0 bridgehead atoms. The van der Waals surface area contributed by atoms with Gasteiger partial charge >= 0.3 is 12.2 Å². The van der Waals surface area contributed by atoms with E-state index in [-0.39, 0.29) is 6.54 Å². The molecule has 0 spiro atoms. The highest BCUT2D eigenvalue weighted by molar-refractivity contribution is 5.74. The van der Waals surface area contributed by atoms with Gasteiger partial charge in [-0.05, 0) is 11.6 Å². The van der Waals surface area contributed by atoms with Gasteiger partial charge in [-0.15, -0.1) is 0 Å². The van der Waals surface area contributed by atoms with Crippen LogP contribution in [0.15, 0.2) is 24.3 Å². The minimum Gasteiger partial charge on any atom is -0.398 e. The summed E-state index contributed by atoms with van der Waals surface area (Å²) in [4.78, 5) is 12.5. The molecule has 0 aliphatic heterocycles. The quantitative estimate of drug-likeness (QED) is 0.817. The van der Waals surface area contributed by atoms with Crippen molar-refractivity contribution < 1.29 is 18.0 Å². The molecule has 0 aromatic heterocycles. The van der Waals surface area contributed by atoms with Crippen LogP contribution in [0.5, 0.6) is 0 Å². The number of amides is 2. The van der Waals surface area contributed by atoms with Gasteiger partial charge < -0.3 is 16.0 Å². The van der Waals surface area contributed by atoms with Crippen molar-refractivity contribution in [2.45, 2.75) is 12.7 Å². The van der Waals surface area contributed by atoms with E-state index in [1.54, 1.807) is 29.6 Å². The summed E-state index contributed by atoms with van der Waals surface area (Å²) in [5.74, 6) is 0. The minimum atomic E-state index is -4.41. The molecule has 100 valence electrons. The average molecular weight is 261 g/mol. The normalized spacial score (nSPS) is 11.1. The molecule has 18 heavy (non-hydrogen) atoms. The van der Waals surface area contributed by atoms with Crippen molar-refractivity contribution in [1.82, 2.24) is 10.2 Å². The number of carbonyl (C=O) groups is 1. The summed E-state index contributed by atoms with van der Waals surface area (Å²) < 4.78 is 35.8. The Morgan fingerprint density at radius 1 is 1.39 bits per heavy atom. The summed E-state index contributed by atoms with van der Waals surface area (Å²) in [5, 5.41) is 1.78. The maximum Gasteiger partial charge on any atom is 0.405 e. The number of anilines is 1. The van der Waals surface area contributed by atoms with Gasteiger partial charge in [0, 0.05) is 19.3 Å². The number of nitrogens with two attached hydrogens (primary N) is 1. The van der Waals surface area contributed by atoms with Crippen LogP contribution in [-0.2, 0) is 6.54 Å². The number of nitrogens with zero attached hydrogens (tertiary/aromatic N) is 1. The molecule has 3 N–H and O–H groups in total. The van der Waals surface area contributed by atoms with Crippen LogP contribution in [0.2, 0.25) is 0 Å². The minimum absolute atomic E-state index is 0.149. The standard InChI is InChI=1S/C11H14F3N3O/c1-17(10(18)16-7-11(12,13)14)6-8-4-2-3-5-9(8)15/h2-5H,6-7,15H2,1H3,(H,16,18). The van der Waals surface area contributed by atoms with E-state index in [9.17, 15) is 18.0 Å². The number of nitrogen functional groups attached to an aromatic ring is 1. The molecular formula is C11H14F3N3O. The van der Waals surface area contributed by atoms with E-state index < -0.39 is 18.8 Å². The van der Waals surface area contributed by atoms with Gasteiger partial charge in [-0.2, -0.15) is 13.2 Å². The number of nitrogens with one attached hydrogen (secondary N) is 1. The summed E-state index contributed by atoms with van der Waals surface area (Å²) in [6.45, 7) is -1.20. The molecule has 1 aromatic rings. The Morgan fingerprint density at radius 3 is 2.56 bits per heavy atom. The molecule has 1 rings (SSSR count). The number of carbonyl (C=O) groups excluding carboxylic acids is 1. The fourth-order valence-corrected chi connectivity index (χ4v) is 1.32. The molecule has 0 saturated heterocycles. The Labute approximate surface area is 103 Å². The number of hydrogen-bond acceptors (Lipinski definition) is 2. The lowest BCUT2D eigenvalue weighted by molar-refractivity contribution is -0.123. The second kappa shape index (κ2) is 5.61. The van der Waals surface area contributed by atoms with Crippen LogP contribution < -0.4 is 11.1 Å². The number of rotatable bonds is 3. The fraction of sp³-hybridized carbons (Fsp3) is 0.364. The van der Waals surface area contributed by atoms with E-state index >= 15 is 0 Å². The molecule has 7 heteroatoms. The van der Waals surface area contributed by atoms with Crippen LogP contribution in [-0.4, -0.2) is 30.7 Å². The predicted molar refractivity (Wildman–Crippen MR) is 61.8 cm³/mol. The first-order valence-corrected chi connectivity index (χ1v) is 5.18. The van der Waals surface area contributed by atoms with Crippen LogP contribution in [0.4, 0.5) is 23.7 Å². The monoisotopic (exact) mass is 261 g/mol. The van der Waals surface area contributed by atoms with Crippen molar-refractivity contribution in [3.05, 3.63) is 29.8 Å². The van der Waals surface area contributed by atoms with E-state index in [2.05, 4.69) is 0 Å². The second-order valence-electron chi connectivity index (χ2n) is 3.83. The molecule has 0 heterocycles. The Hall–Kier alpha value is -1.92. The number of alkyl halides is 3. The highest BCUT2D eigenvalue weighted by Gasteiger charge is 2.28. The van der Waals surface area contributed by atoms with Gasteiger partial charge in [0.1, 0.15) is 6.54 Å². The van der Waals surface area contributed by atoms with E-state index in [4.69, 9.17) is 5.73 Å². The summed E-state index contributed by atoms with van der Waals surface area (Å²) in [6.07, 6.45) is -4.41. The predicted octanol–water partition coefficient (Wildman–Crippen LogP) is 1.97. The zero-order valence-corrected chi connectivity index (χ0v) is 9.79. The smallest absolute Gasteiger partial charge is 0.398 e. The highest BCUT2D eigenvalue weighted by Crippen LogP contribution is 2.14. The van der Waals surface area contributed by atoms with Gasteiger partial charge in [-0.3, -0.25) is 0 Å². The van der Waals surface area contributed by atoms with E-state index in [0.717, 1.165) is 4.90 Å². The van der Waals surface area contributed by atoms with Crippen molar-refractivity contribution in [3.63, 3.8) is 0 Å². The molecule has 0 saturated carbocycles. The van der Waals surface area contributed by atoms with E-state index in [1.165, 1.54) is 7.05 Å². The summed E-state index contributed by atoms with van der Waals surface area (Å²) in [7, 11) is 1.40. The first-order chi connectivity index (χ1) is 8.29. The molecule has 0 aliphatic rings. The second-order valence-corrected chi connectivity index (χ2v) is 3.83. The molecular weight excluding hydrogens is 247 g/mol. The maximum absolute atomic E-state index is 11.9. The Balaban J connectivity index is 2.53. The molecule has 1 aromatic carbocycles. The third kappa shape index (κ3) is 4.52. The number of para-hydroxylation sites is 1. The number of hydrogen-bond donors (Lipinski definition) is 2. The summed E-state index contributed by atoms with van der Waals surface area (Å²) in [5.41, 5.74) is 6.85. The topological polar surface area (TPSA) is 58.4 Å². The van der Waals surface area contributed by atoms with Crippen molar-refractivity contribution in [2.75, 3.05) is 19.3 Å². The fourth-order valence-electron chi connectivity index (χ4n) is 1.32. The number of halogens is 3. The first kappa shape index (κ1) is 14.1. The van der Waals surface area contributed by atoms with Crippen LogP contribution in [0.3, 0.4) is 0 Å². The van der Waals surface area contributed by atoms with Crippen molar-refractivity contribution in [1.29, 1.82) is 0 Å². The molecule has 0 aliphatic carbocycles. The summed E-state index contributed by atoms with van der Waals surface area (Å²) >= 11 is 0. The molecule has 0 unspecified atom stereocenters. The molecule has 0 fully saturated rings. The zero-order valence-electron chi connectivity index (χ0n) is 9.79. The van der Waals surface area contributed by atoms with Gasteiger partial charge in [0.25, 0.3) is 0 Å². The van der Waals surface area contributed by atoms with Crippen molar-refractivity contribution in [3.8, 4) is 0 Å².